The highest BCUT2D eigenvalue weighted by Gasteiger charge is 2.19. The van der Waals surface area contributed by atoms with Crippen molar-refractivity contribution in [3.63, 3.8) is 0 Å². The Hall–Kier alpha value is -1.40. The van der Waals surface area contributed by atoms with Crippen molar-refractivity contribution in [2.75, 3.05) is 26.3 Å². The molecule has 16 heavy (non-hydrogen) atoms. The average Bonchev–Trinajstić information content (AvgIpc) is 2.61. The van der Waals surface area contributed by atoms with Crippen molar-refractivity contribution in [1.82, 2.24) is 14.7 Å². The molecule has 88 valence electrons. The Kier molecular flexibility index (Phi) is 3.21. The van der Waals surface area contributed by atoms with Gasteiger partial charge in [-0.2, -0.15) is 5.10 Å². The van der Waals surface area contributed by atoms with Gasteiger partial charge in [0.25, 0.3) is 0 Å². The molecule has 1 saturated heterocycles. The van der Waals surface area contributed by atoms with E-state index in [9.17, 15) is 4.79 Å². The predicted molar refractivity (Wildman–Crippen MR) is 56.3 cm³/mol. The molecule has 0 aliphatic carbocycles. The summed E-state index contributed by atoms with van der Waals surface area (Å²) in [6, 6.07) is 0. The molecule has 0 amide bonds. The van der Waals surface area contributed by atoms with Gasteiger partial charge in [0.1, 0.15) is 0 Å². The van der Waals surface area contributed by atoms with E-state index in [1.165, 1.54) is 4.68 Å². The zero-order valence-corrected chi connectivity index (χ0v) is 9.22. The van der Waals surface area contributed by atoms with E-state index in [0.29, 0.717) is 19.8 Å². The molecular formula is C10H15N3O3. The lowest BCUT2D eigenvalue weighted by Crippen LogP contribution is -2.36. The van der Waals surface area contributed by atoms with Crippen molar-refractivity contribution in [1.29, 1.82) is 0 Å². The molecule has 1 aliphatic heterocycles. The third-order valence-corrected chi connectivity index (χ3v) is 2.71. The maximum Gasteiger partial charge on any atom is 0.354 e. The minimum absolute atomic E-state index is 0.270. The lowest BCUT2D eigenvalue weighted by atomic mass is 10.2. The second-order valence-electron chi connectivity index (χ2n) is 3.84. The zero-order valence-electron chi connectivity index (χ0n) is 9.22. The molecule has 1 fully saturated rings. The Morgan fingerprint density at radius 1 is 1.56 bits per heavy atom. The summed E-state index contributed by atoms with van der Waals surface area (Å²) in [7, 11) is 1.65. The molecule has 1 aliphatic rings. The van der Waals surface area contributed by atoms with Crippen LogP contribution in [0.15, 0.2) is 6.20 Å². The molecule has 2 rings (SSSR count). The fraction of sp³-hybridized carbons (Fsp3) is 0.600. The van der Waals surface area contributed by atoms with Crippen LogP contribution < -0.4 is 0 Å². The van der Waals surface area contributed by atoms with E-state index in [2.05, 4.69) is 10.00 Å². The van der Waals surface area contributed by atoms with Crippen molar-refractivity contribution in [3.8, 4) is 0 Å². The molecule has 6 heteroatoms. The first-order valence-electron chi connectivity index (χ1n) is 5.23. The van der Waals surface area contributed by atoms with Crippen molar-refractivity contribution in [3.05, 3.63) is 17.5 Å². The number of hydrogen-bond donors (Lipinski definition) is 1. The molecule has 0 bridgehead atoms. The van der Waals surface area contributed by atoms with Gasteiger partial charge in [0, 0.05) is 32.2 Å². The number of aromatic carboxylic acids is 1. The quantitative estimate of drug-likeness (QED) is 0.781. The lowest BCUT2D eigenvalue weighted by molar-refractivity contribution is 0.0339. The maximum absolute atomic E-state index is 11.0. The number of morpholine rings is 1. The molecule has 6 nitrogen and oxygen atoms in total. The fourth-order valence-corrected chi connectivity index (χ4v) is 1.87. The molecule has 0 atom stereocenters. The smallest absolute Gasteiger partial charge is 0.354 e. The van der Waals surface area contributed by atoms with Gasteiger partial charge in [-0.15, -0.1) is 0 Å². The third kappa shape index (κ3) is 2.23. The Bertz CT molecular complexity index is 383. The van der Waals surface area contributed by atoms with E-state index < -0.39 is 5.97 Å². The number of aromatic nitrogens is 2. The van der Waals surface area contributed by atoms with Gasteiger partial charge in [-0.25, -0.2) is 4.79 Å². The van der Waals surface area contributed by atoms with E-state index >= 15 is 0 Å². The fourth-order valence-electron chi connectivity index (χ4n) is 1.87. The predicted octanol–water partition coefficient (Wildman–Crippen LogP) is -0.0495. The summed E-state index contributed by atoms with van der Waals surface area (Å²) < 4.78 is 6.64. The number of aryl methyl sites for hydroxylation is 1. The minimum Gasteiger partial charge on any atom is -0.477 e. The highest BCUT2D eigenvalue weighted by atomic mass is 16.5. The normalized spacial score (nSPS) is 17.6. The topological polar surface area (TPSA) is 67.6 Å². The summed E-state index contributed by atoms with van der Waals surface area (Å²) in [6.45, 7) is 3.73. The standard InChI is InChI=1S/C10H15N3O3/c1-12-9(10(14)15)8(6-11-12)7-13-2-4-16-5-3-13/h6H,2-5,7H2,1H3,(H,14,15). The number of rotatable bonds is 3. The first-order valence-corrected chi connectivity index (χ1v) is 5.23. The molecule has 0 aromatic carbocycles. The van der Waals surface area contributed by atoms with Crippen LogP contribution in [0.3, 0.4) is 0 Å². The molecule has 1 N–H and O–H groups in total. The van der Waals surface area contributed by atoms with Gasteiger partial charge < -0.3 is 9.84 Å². The molecule has 0 unspecified atom stereocenters. The van der Waals surface area contributed by atoms with Crippen LogP contribution in [-0.2, 0) is 18.3 Å². The highest BCUT2D eigenvalue weighted by molar-refractivity contribution is 5.87. The van der Waals surface area contributed by atoms with Gasteiger partial charge >= 0.3 is 5.97 Å². The van der Waals surface area contributed by atoms with Gasteiger partial charge in [-0.3, -0.25) is 9.58 Å². The van der Waals surface area contributed by atoms with Crippen LogP contribution in [0.4, 0.5) is 0 Å². The molecular weight excluding hydrogens is 210 g/mol. The second-order valence-corrected chi connectivity index (χ2v) is 3.84. The highest BCUT2D eigenvalue weighted by Crippen LogP contribution is 2.11. The van der Waals surface area contributed by atoms with Crippen LogP contribution >= 0.6 is 0 Å². The van der Waals surface area contributed by atoms with E-state index in [4.69, 9.17) is 9.84 Å². The van der Waals surface area contributed by atoms with Crippen LogP contribution in [-0.4, -0.2) is 52.1 Å². The largest absolute Gasteiger partial charge is 0.477 e. The Balaban J connectivity index is 2.11. The zero-order chi connectivity index (χ0) is 11.5. The van der Waals surface area contributed by atoms with Gasteiger partial charge in [0.2, 0.25) is 0 Å². The maximum atomic E-state index is 11.0. The number of carboxylic acid groups (broad SMARTS) is 1. The van der Waals surface area contributed by atoms with Crippen molar-refractivity contribution in [2.45, 2.75) is 6.54 Å². The molecule has 2 heterocycles. The van der Waals surface area contributed by atoms with Crippen molar-refractivity contribution >= 4 is 5.97 Å². The van der Waals surface area contributed by atoms with Crippen LogP contribution in [0.2, 0.25) is 0 Å². The number of carbonyl (C=O) groups is 1. The summed E-state index contributed by atoms with van der Waals surface area (Å²) in [5, 5.41) is 13.0. The Morgan fingerprint density at radius 3 is 2.88 bits per heavy atom. The van der Waals surface area contributed by atoms with Gasteiger partial charge in [0.05, 0.1) is 19.4 Å². The molecule has 0 spiro atoms. The Morgan fingerprint density at radius 2 is 2.25 bits per heavy atom. The summed E-state index contributed by atoms with van der Waals surface area (Å²) in [6.07, 6.45) is 1.62. The summed E-state index contributed by atoms with van der Waals surface area (Å²) in [4.78, 5) is 13.2. The van der Waals surface area contributed by atoms with E-state index in [0.717, 1.165) is 18.7 Å². The number of nitrogens with zero attached hydrogens (tertiary/aromatic N) is 3. The minimum atomic E-state index is -0.928. The molecule has 0 radical (unpaired) electrons. The van der Waals surface area contributed by atoms with Crippen LogP contribution in [0.25, 0.3) is 0 Å². The lowest BCUT2D eigenvalue weighted by Gasteiger charge is -2.26. The van der Waals surface area contributed by atoms with Crippen LogP contribution in [0.5, 0.6) is 0 Å². The molecule has 1 aromatic heterocycles. The first-order chi connectivity index (χ1) is 7.68. The van der Waals surface area contributed by atoms with Gasteiger partial charge in [0.15, 0.2) is 5.69 Å². The summed E-state index contributed by atoms with van der Waals surface area (Å²) in [5.74, 6) is -0.928. The van der Waals surface area contributed by atoms with Gasteiger partial charge in [-0.1, -0.05) is 0 Å². The van der Waals surface area contributed by atoms with Crippen LogP contribution in [0.1, 0.15) is 16.1 Å². The number of hydrogen-bond acceptors (Lipinski definition) is 4. The summed E-state index contributed by atoms with van der Waals surface area (Å²) >= 11 is 0. The Labute approximate surface area is 93.4 Å². The monoisotopic (exact) mass is 225 g/mol. The second kappa shape index (κ2) is 4.63. The van der Waals surface area contributed by atoms with E-state index in [1.54, 1.807) is 13.2 Å². The van der Waals surface area contributed by atoms with Crippen LogP contribution in [0, 0.1) is 0 Å². The SMILES string of the molecule is Cn1ncc(CN2CCOCC2)c1C(=O)O. The number of carboxylic acids is 1. The van der Waals surface area contributed by atoms with Gasteiger partial charge in [-0.05, 0) is 0 Å². The molecule has 0 saturated carbocycles. The third-order valence-electron chi connectivity index (χ3n) is 2.71. The first kappa shape index (κ1) is 11.1. The van der Waals surface area contributed by atoms with E-state index in [1.807, 2.05) is 0 Å². The van der Waals surface area contributed by atoms with Crippen molar-refractivity contribution in [2.24, 2.45) is 7.05 Å². The van der Waals surface area contributed by atoms with E-state index in [-0.39, 0.29) is 5.69 Å². The summed E-state index contributed by atoms with van der Waals surface area (Å²) in [5.41, 5.74) is 1.03. The average molecular weight is 225 g/mol. The number of ether oxygens (including phenoxy) is 1. The van der Waals surface area contributed by atoms with Crippen molar-refractivity contribution < 1.29 is 14.6 Å². The molecule has 1 aromatic rings.